The van der Waals surface area contributed by atoms with Crippen molar-refractivity contribution in [3.63, 3.8) is 0 Å². The highest BCUT2D eigenvalue weighted by Crippen LogP contribution is 2.31. The van der Waals surface area contributed by atoms with Gasteiger partial charge in [0.15, 0.2) is 0 Å². The summed E-state index contributed by atoms with van der Waals surface area (Å²) < 4.78 is 27.3. The van der Waals surface area contributed by atoms with Gasteiger partial charge in [0.2, 0.25) is 0 Å². The Kier molecular flexibility index (Phi) is 2.98. The van der Waals surface area contributed by atoms with Crippen molar-refractivity contribution >= 4 is 10.2 Å². The van der Waals surface area contributed by atoms with Crippen molar-refractivity contribution in [2.45, 2.75) is 18.6 Å². The van der Waals surface area contributed by atoms with E-state index in [0.717, 1.165) is 11.1 Å². The second-order valence-corrected chi connectivity index (χ2v) is 5.42. The number of hydrogen-bond donors (Lipinski definition) is 3. The van der Waals surface area contributed by atoms with E-state index in [1.165, 1.54) is 7.05 Å². The van der Waals surface area contributed by atoms with Crippen molar-refractivity contribution in [3.8, 4) is 0 Å². The van der Waals surface area contributed by atoms with E-state index < -0.39 is 22.4 Å². The van der Waals surface area contributed by atoms with Crippen LogP contribution in [0.25, 0.3) is 0 Å². The predicted molar refractivity (Wildman–Crippen MR) is 60.0 cm³/mol. The Bertz CT molecular complexity index is 487. The molecule has 0 amide bonds. The molecule has 0 aliphatic heterocycles. The molecule has 0 aromatic heterocycles. The summed E-state index contributed by atoms with van der Waals surface area (Å²) in [6, 6.07) is 6.87. The van der Waals surface area contributed by atoms with Gasteiger partial charge < -0.3 is 5.11 Å². The molecule has 0 saturated carbocycles. The van der Waals surface area contributed by atoms with Crippen LogP contribution in [0, 0.1) is 0 Å². The number of fused-ring (bicyclic) bond motifs is 1. The molecule has 0 bridgehead atoms. The third-order valence-corrected chi connectivity index (χ3v) is 3.86. The van der Waals surface area contributed by atoms with Crippen LogP contribution in [0.4, 0.5) is 0 Å². The van der Waals surface area contributed by atoms with Crippen LogP contribution in [-0.2, 0) is 16.6 Å². The standard InChI is InChI=1S/C10H14N2O3S/c1-11-16(14,15)12-10-8-5-3-2-4-7(8)6-9(10)13/h2-5,9-13H,6H2,1H3/t9-,10+/m0/s1. The Balaban J connectivity index is 2.30. The molecule has 1 aliphatic carbocycles. The molecule has 3 N–H and O–H groups in total. The minimum absolute atomic E-state index is 0.479. The van der Waals surface area contributed by atoms with Crippen molar-refractivity contribution in [2.75, 3.05) is 7.05 Å². The van der Waals surface area contributed by atoms with Crippen LogP contribution < -0.4 is 9.44 Å². The lowest BCUT2D eigenvalue weighted by atomic mass is 10.1. The fraction of sp³-hybridized carbons (Fsp3) is 0.400. The number of nitrogens with one attached hydrogen (secondary N) is 2. The molecule has 0 saturated heterocycles. The lowest BCUT2D eigenvalue weighted by molar-refractivity contribution is 0.151. The molecule has 0 radical (unpaired) electrons. The highest BCUT2D eigenvalue weighted by molar-refractivity contribution is 7.87. The normalized spacial score (nSPS) is 24.4. The molecule has 1 aromatic carbocycles. The van der Waals surface area contributed by atoms with Crippen LogP contribution in [-0.4, -0.2) is 26.7 Å². The minimum Gasteiger partial charge on any atom is -0.391 e. The van der Waals surface area contributed by atoms with Gasteiger partial charge in [-0.25, -0.2) is 4.72 Å². The number of rotatable bonds is 3. The second-order valence-electron chi connectivity index (χ2n) is 3.77. The van der Waals surface area contributed by atoms with Crippen molar-refractivity contribution in [2.24, 2.45) is 0 Å². The first kappa shape index (κ1) is 11.5. The zero-order valence-corrected chi connectivity index (χ0v) is 9.66. The molecular formula is C10H14N2O3S. The Morgan fingerprint density at radius 2 is 2.06 bits per heavy atom. The third-order valence-electron chi connectivity index (χ3n) is 2.75. The molecule has 2 rings (SSSR count). The first-order chi connectivity index (χ1) is 7.53. The van der Waals surface area contributed by atoms with Gasteiger partial charge in [-0.2, -0.15) is 13.1 Å². The van der Waals surface area contributed by atoms with Gasteiger partial charge in [-0.15, -0.1) is 0 Å². The van der Waals surface area contributed by atoms with Crippen molar-refractivity contribution in [1.82, 2.24) is 9.44 Å². The van der Waals surface area contributed by atoms with E-state index in [9.17, 15) is 13.5 Å². The van der Waals surface area contributed by atoms with Gasteiger partial charge in [0.25, 0.3) is 10.2 Å². The number of hydrogen-bond acceptors (Lipinski definition) is 3. The van der Waals surface area contributed by atoms with E-state index in [1.807, 2.05) is 24.3 Å². The Hall–Kier alpha value is -0.950. The lowest BCUT2D eigenvalue weighted by Crippen LogP contribution is -2.39. The van der Waals surface area contributed by atoms with Crippen molar-refractivity contribution in [1.29, 1.82) is 0 Å². The Morgan fingerprint density at radius 3 is 2.75 bits per heavy atom. The molecule has 2 atom stereocenters. The van der Waals surface area contributed by atoms with Crippen LogP contribution in [0.15, 0.2) is 24.3 Å². The molecule has 6 heteroatoms. The van der Waals surface area contributed by atoms with E-state index in [0.29, 0.717) is 6.42 Å². The molecule has 88 valence electrons. The highest BCUT2D eigenvalue weighted by atomic mass is 32.2. The van der Waals surface area contributed by atoms with Crippen LogP contribution >= 0.6 is 0 Å². The van der Waals surface area contributed by atoms with E-state index in [2.05, 4.69) is 9.44 Å². The van der Waals surface area contributed by atoms with Gasteiger partial charge in [-0.05, 0) is 11.1 Å². The molecule has 1 aliphatic rings. The summed E-state index contributed by atoms with van der Waals surface area (Å²) >= 11 is 0. The lowest BCUT2D eigenvalue weighted by Gasteiger charge is -2.17. The zero-order valence-electron chi connectivity index (χ0n) is 8.84. The van der Waals surface area contributed by atoms with E-state index in [-0.39, 0.29) is 0 Å². The monoisotopic (exact) mass is 242 g/mol. The van der Waals surface area contributed by atoms with E-state index >= 15 is 0 Å². The average Bonchev–Trinajstić information content (AvgIpc) is 2.56. The maximum absolute atomic E-state index is 11.4. The van der Waals surface area contributed by atoms with Gasteiger partial charge in [0.1, 0.15) is 0 Å². The minimum atomic E-state index is -3.54. The van der Waals surface area contributed by atoms with Gasteiger partial charge in [0, 0.05) is 13.5 Å². The summed E-state index contributed by atoms with van der Waals surface area (Å²) in [5.41, 5.74) is 1.83. The van der Waals surface area contributed by atoms with E-state index in [4.69, 9.17) is 0 Å². The Morgan fingerprint density at radius 1 is 1.38 bits per heavy atom. The summed E-state index contributed by atoms with van der Waals surface area (Å²) in [6.45, 7) is 0. The first-order valence-electron chi connectivity index (χ1n) is 5.00. The number of aliphatic hydroxyl groups excluding tert-OH is 1. The van der Waals surface area contributed by atoms with Gasteiger partial charge >= 0.3 is 0 Å². The molecule has 0 unspecified atom stereocenters. The number of benzene rings is 1. The fourth-order valence-corrected chi connectivity index (χ4v) is 2.68. The fourth-order valence-electron chi connectivity index (χ4n) is 1.94. The molecule has 16 heavy (non-hydrogen) atoms. The summed E-state index contributed by atoms with van der Waals surface area (Å²) in [5.74, 6) is 0. The second kappa shape index (κ2) is 4.14. The summed E-state index contributed by atoms with van der Waals surface area (Å²) in [7, 11) is -2.21. The van der Waals surface area contributed by atoms with Crippen molar-refractivity contribution in [3.05, 3.63) is 35.4 Å². The molecular weight excluding hydrogens is 228 g/mol. The van der Waals surface area contributed by atoms with Gasteiger partial charge in [-0.1, -0.05) is 24.3 Å². The average molecular weight is 242 g/mol. The van der Waals surface area contributed by atoms with Crippen molar-refractivity contribution < 1.29 is 13.5 Å². The quantitative estimate of drug-likeness (QED) is 0.681. The summed E-state index contributed by atoms with van der Waals surface area (Å²) in [4.78, 5) is 0. The Labute approximate surface area is 94.7 Å². The summed E-state index contributed by atoms with van der Waals surface area (Å²) in [6.07, 6.45) is -0.229. The number of aliphatic hydroxyl groups is 1. The molecule has 0 spiro atoms. The van der Waals surface area contributed by atoms with Crippen LogP contribution in [0.3, 0.4) is 0 Å². The summed E-state index contributed by atoms with van der Waals surface area (Å²) in [5, 5.41) is 9.81. The van der Waals surface area contributed by atoms with Gasteiger partial charge in [-0.3, -0.25) is 0 Å². The van der Waals surface area contributed by atoms with Gasteiger partial charge in [0.05, 0.1) is 12.1 Å². The van der Waals surface area contributed by atoms with Crippen LogP contribution in [0.5, 0.6) is 0 Å². The SMILES string of the molecule is CNS(=O)(=O)N[C@@H]1c2ccccc2C[C@@H]1O. The smallest absolute Gasteiger partial charge is 0.277 e. The topological polar surface area (TPSA) is 78.4 Å². The van der Waals surface area contributed by atoms with Crippen LogP contribution in [0.2, 0.25) is 0 Å². The molecule has 1 aromatic rings. The molecule has 0 heterocycles. The predicted octanol–water partition coefficient (Wildman–Crippen LogP) is -0.302. The molecule has 5 nitrogen and oxygen atoms in total. The maximum atomic E-state index is 11.4. The zero-order chi connectivity index (χ0) is 11.8. The highest BCUT2D eigenvalue weighted by Gasteiger charge is 2.33. The molecule has 0 fully saturated rings. The van der Waals surface area contributed by atoms with Crippen LogP contribution in [0.1, 0.15) is 17.2 Å². The maximum Gasteiger partial charge on any atom is 0.277 e. The largest absolute Gasteiger partial charge is 0.391 e. The first-order valence-corrected chi connectivity index (χ1v) is 6.48. The third kappa shape index (κ3) is 2.10. The van der Waals surface area contributed by atoms with E-state index in [1.54, 1.807) is 0 Å².